The maximum atomic E-state index is 12.9. The van der Waals surface area contributed by atoms with Gasteiger partial charge in [-0.1, -0.05) is 12.1 Å². The molecule has 0 aromatic heterocycles. The molecule has 3 unspecified atom stereocenters. The van der Waals surface area contributed by atoms with Gasteiger partial charge in [-0.15, -0.1) is 0 Å². The van der Waals surface area contributed by atoms with Crippen LogP contribution in [0.1, 0.15) is 31.4 Å². The number of hydrogen-bond donors (Lipinski definition) is 1. The lowest BCUT2D eigenvalue weighted by Gasteiger charge is -2.36. The molecule has 2 nitrogen and oxygen atoms in total. The van der Waals surface area contributed by atoms with Gasteiger partial charge in [0.2, 0.25) is 0 Å². The van der Waals surface area contributed by atoms with Gasteiger partial charge in [0, 0.05) is 12.6 Å². The summed E-state index contributed by atoms with van der Waals surface area (Å²) in [5.74, 6) is 0.543. The third kappa shape index (κ3) is 2.35. The number of nitrogens with one attached hydrogen (secondary N) is 1. The topological polar surface area (TPSA) is 21.3 Å². The summed E-state index contributed by atoms with van der Waals surface area (Å²) in [6.45, 7) is 3.07. The lowest BCUT2D eigenvalue weighted by Crippen LogP contribution is -2.47. The molecule has 3 heteroatoms. The Morgan fingerprint density at radius 3 is 2.59 bits per heavy atom. The zero-order valence-electron chi connectivity index (χ0n) is 10.0. The molecule has 1 aliphatic carbocycles. The second-order valence-electron chi connectivity index (χ2n) is 5.18. The van der Waals surface area contributed by atoms with Crippen molar-refractivity contribution in [3.8, 4) is 0 Å². The van der Waals surface area contributed by atoms with Crippen molar-refractivity contribution in [1.29, 1.82) is 0 Å². The van der Waals surface area contributed by atoms with Crippen molar-refractivity contribution in [2.45, 2.75) is 38.0 Å². The van der Waals surface area contributed by atoms with E-state index in [4.69, 9.17) is 4.74 Å². The molecule has 1 aliphatic heterocycles. The summed E-state index contributed by atoms with van der Waals surface area (Å²) in [5.41, 5.74) is 1.07. The first kappa shape index (κ1) is 11.2. The van der Waals surface area contributed by atoms with Crippen LogP contribution in [-0.2, 0) is 4.74 Å². The summed E-state index contributed by atoms with van der Waals surface area (Å²) in [6, 6.07) is 6.95. The van der Waals surface area contributed by atoms with E-state index in [2.05, 4.69) is 12.2 Å². The van der Waals surface area contributed by atoms with Crippen molar-refractivity contribution in [2.24, 2.45) is 5.92 Å². The van der Waals surface area contributed by atoms with Gasteiger partial charge in [-0.3, -0.25) is 0 Å². The number of ether oxygens (including phenoxy) is 1. The number of rotatable bonds is 2. The first-order valence-electron chi connectivity index (χ1n) is 6.38. The lowest BCUT2D eigenvalue weighted by atomic mass is 10.00. The second kappa shape index (κ2) is 4.39. The molecule has 0 radical (unpaired) electrons. The summed E-state index contributed by atoms with van der Waals surface area (Å²) >= 11 is 0. The van der Waals surface area contributed by atoms with Crippen molar-refractivity contribution >= 4 is 0 Å². The standard InChI is InChI=1S/C14H18FNO/c1-9-14(11-4-6-12(15)7-5-11)17-13(8-16-9)10-2-3-10/h4-7,9-10,13-14,16H,2-3,8H2,1H3. The minimum Gasteiger partial charge on any atom is -0.367 e. The van der Waals surface area contributed by atoms with Gasteiger partial charge in [0.25, 0.3) is 0 Å². The fraction of sp³-hybridized carbons (Fsp3) is 0.571. The molecular formula is C14H18FNO. The van der Waals surface area contributed by atoms with Crippen LogP contribution in [-0.4, -0.2) is 18.7 Å². The smallest absolute Gasteiger partial charge is 0.123 e. The first-order chi connectivity index (χ1) is 8.24. The Labute approximate surface area is 101 Å². The first-order valence-corrected chi connectivity index (χ1v) is 6.38. The van der Waals surface area contributed by atoms with E-state index >= 15 is 0 Å². The van der Waals surface area contributed by atoms with E-state index < -0.39 is 0 Å². The van der Waals surface area contributed by atoms with E-state index in [9.17, 15) is 4.39 Å². The summed E-state index contributed by atoms with van der Waals surface area (Å²) in [5, 5.41) is 3.50. The Morgan fingerprint density at radius 2 is 1.94 bits per heavy atom. The quantitative estimate of drug-likeness (QED) is 0.851. The maximum Gasteiger partial charge on any atom is 0.123 e. The highest BCUT2D eigenvalue weighted by atomic mass is 19.1. The Balaban J connectivity index is 1.76. The molecule has 2 fully saturated rings. The van der Waals surface area contributed by atoms with Gasteiger partial charge in [0.05, 0.1) is 12.2 Å². The number of benzene rings is 1. The molecule has 0 bridgehead atoms. The molecule has 1 saturated heterocycles. The van der Waals surface area contributed by atoms with Gasteiger partial charge in [-0.25, -0.2) is 4.39 Å². The molecule has 0 spiro atoms. The fourth-order valence-corrected chi connectivity index (χ4v) is 2.53. The Bertz CT molecular complexity index is 388. The predicted molar refractivity (Wildman–Crippen MR) is 64.2 cm³/mol. The number of morpholine rings is 1. The van der Waals surface area contributed by atoms with E-state index in [1.807, 2.05) is 12.1 Å². The molecule has 2 aliphatic rings. The van der Waals surface area contributed by atoms with Crippen LogP contribution in [0.3, 0.4) is 0 Å². The monoisotopic (exact) mass is 235 g/mol. The summed E-state index contributed by atoms with van der Waals surface area (Å²) in [6.07, 6.45) is 2.96. The Kier molecular flexibility index (Phi) is 2.89. The molecule has 0 amide bonds. The van der Waals surface area contributed by atoms with Crippen molar-refractivity contribution in [3.05, 3.63) is 35.6 Å². The van der Waals surface area contributed by atoms with Gasteiger partial charge >= 0.3 is 0 Å². The molecule has 1 aromatic carbocycles. The van der Waals surface area contributed by atoms with E-state index in [-0.39, 0.29) is 18.0 Å². The van der Waals surface area contributed by atoms with Crippen molar-refractivity contribution in [3.63, 3.8) is 0 Å². The summed E-state index contributed by atoms with van der Waals surface area (Å²) in [4.78, 5) is 0. The molecular weight excluding hydrogens is 217 g/mol. The third-order valence-corrected chi connectivity index (χ3v) is 3.76. The molecule has 3 rings (SSSR count). The minimum atomic E-state index is -0.191. The molecule has 92 valence electrons. The van der Waals surface area contributed by atoms with Crippen LogP contribution in [0.2, 0.25) is 0 Å². The van der Waals surface area contributed by atoms with Gasteiger partial charge in [-0.2, -0.15) is 0 Å². The van der Waals surface area contributed by atoms with E-state index in [1.165, 1.54) is 25.0 Å². The zero-order valence-corrected chi connectivity index (χ0v) is 10.0. The molecule has 17 heavy (non-hydrogen) atoms. The maximum absolute atomic E-state index is 12.9. The highest BCUT2D eigenvalue weighted by molar-refractivity contribution is 5.20. The van der Waals surface area contributed by atoms with Crippen LogP contribution in [0.25, 0.3) is 0 Å². The fourth-order valence-electron chi connectivity index (χ4n) is 2.53. The average molecular weight is 235 g/mol. The van der Waals surface area contributed by atoms with Crippen LogP contribution in [0.4, 0.5) is 4.39 Å². The number of halogens is 1. The Hall–Kier alpha value is -0.930. The van der Waals surface area contributed by atoms with Crippen molar-refractivity contribution < 1.29 is 9.13 Å². The summed E-state index contributed by atoms with van der Waals surface area (Å²) in [7, 11) is 0. The molecule has 1 saturated carbocycles. The van der Waals surface area contributed by atoms with Crippen LogP contribution in [0.5, 0.6) is 0 Å². The molecule has 1 aromatic rings. The van der Waals surface area contributed by atoms with Gasteiger partial charge in [0.1, 0.15) is 5.82 Å². The van der Waals surface area contributed by atoms with Crippen LogP contribution in [0, 0.1) is 11.7 Å². The van der Waals surface area contributed by atoms with Gasteiger partial charge < -0.3 is 10.1 Å². The molecule has 1 heterocycles. The zero-order chi connectivity index (χ0) is 11.8. The van der Waals surface area contributed by atoms with E-state index in [1.54, 1.807) is 0 Å². The second-order valence-corrected chi connectivity index (χ2v) is 5.18. The lowest BCUT2D eigenvalue weighted by molar-refractivity contribution is -0.0707. The van der Waals surface area contributed by atoms with Crippen molar-refractivity contribution in [1.82, 2.24) is 5.32 Å². The highest BCUT2D eigenvalue weighted by Gasteiger charge is 2.38. The highest BCUT2D eigenvalue weighted by Crippen LogP contribution is 2.39. The Morgan fingerprint density at radius 1 is 1.24 bits per heavy atom. The van der Waals surface area contributed by atoms with Crippen molar-refractivity contribution in [2.75, 3.05) is 6.54 Å². The minimum absolute atomic E-state index is 0.0509. The predicted octanol–water partition coefficient (Wildman–Crippen LogP) is 2.65. The van der Waals surface area contributed by atoms with Crippen LogP contribution in [0.15, 0.2) is 24.3 Å². The van der Waals surface area contributed by atoms with Gasteiger partial charge in [0.15, 0.2) is 0 Å². The third-order valence-electron chi connectivity index (χ3n) is 3.76. The van der Waals surface area contributed by atoms with Crippen LogP contribution >= 0.6 is 0 Å². The number of hydrogen-bond acceptors (Lipinski definition) is 2. The van der Waals surface area contributed by atoms with E-state index in [0.29, 0.717) is 6.10 Å². The average Bonchev–Trinajstić information content (AvgIpc) is 3.15. The van der Waals surface area contributed by atoms with Gasteiger partial charge in [-0.05, 0) is 43.4 Å². The normalized spacial score (nSPS) is 33.6. The largest absolute Gasteiger partial charge is 0.367 e. The van der Waals surface area contributed by atoms with Crippen LogP contribution < -0.4 is 5.32 Å². The summed E-state index contributed by atoms with van der Waals surface area (Å²) < 4.78 is 19.1. The van der Waals surface area contributed by atoms with E-state index in [0.717, 1.165) is 18.0 Å². The molecule has 1 N–H and O–H groups in total. The SMILES string of the molecule is CC1NCC(C2CC2)OC1c1ccc(F)cc1. The molecule has 3 atom stereocenters.